The Morgan fingerprint density at radius 1 is 0.606 bits per heavy atom. The summed E-state index contributed by atoms with van der Waals surface area (Å²) in [4.78, 5) is 0. The predicted octanol–water partition coefficient (Wildman–Crippen LogP) is -6.54. The number of hydrogen-bond donors (Lipinski definition) is 10. The molecule has 33 heavy (non-hydrogen) atoms. The molecule has 194 valence electrons. The first-order valence-corrected chi connectivity index (χ1v) is 10.5. The first-order chi connectivity index (χ1) is 15.6. The van der Waals surface area contributed by atoms with Crippen molar-refractivity contribution < 1.29 is 74.7 Å². The van der Waals surface area contributed by atoms with Gasteiger partial charge in [0.05, 0.1) is 25.9 Å². The third kappa shape index (κ3) is 5.80. The molecule has 10 N–H and O–H groups in total. The number of aliphatic hydroxyl groups is 10. The molecule has 15 nitrogen and oxygen atoms in total. The molecule has 0 spiro atoms. The van der Waals surface area contributed by atoms with Crippen LogP contribution in [0, 0.1) is 0 Å². The molecule has 0 aromatic rings. The van der Waals surface area contributed by atoms with Crippen molar-refractivity contribution in [1.82, 2.24) is 0 Å². The molecule has 0 saturated carbocycles. The van der Waals surface area contributed by atoms with Gasteiger partial charge >= 0.3 is 0 Å². The highest BCUT2D eigenvalue weighted by atomic mass is 16.7. The van der Waals surface area contributed by atoms with Crippen LogP contribution in [0.5, 0.6) is 0 Å². The van der Waals surface area contributed by atoms with E-state index in [1.54, 1.807) is 0 Å². The molecule has 14 atom stereocenters. The molecule has 0 aromatic carbocycles. The Kier molecular flexibility index (Phi) is 9.35. The van der Waals surface area contributed by atoms with E-state index in [0.717, 1.165) is 0 Å². The smallest absolute Gasteiger partial charge is 0.187 e. The van der Waals surface area contributed by atoms with Gasteiger partial charge in [0.25, 0.3) is 0 Å². The number of aliphatic hydroxyl groups excluding tert-OH is 10. The molecule has 3 saturated heterocycles. The van der Waals surface area contributed by atoms with Gasteiger partial charge < -0.3 is 74.7 Å². The van der Waals surface area contributed by atoms with Crippen LogP contribution in [0.4, 0.5) is 0 Å². The summed E-state index contributed by atoms with van der Waals surface area (Å²) in [5, 5.41) is 98.7. The van der Waals surface area contributed by atoms with Gasteiger partial charge in [0.2, 0.25) is 0 Å². The fourth-order valence-corrected chi connectivity index (χ4v) is 3.93. The first-order valence-electron chi connectivity index (χ1n) is 10.5. The Labute approximate surface area is 187 Å². The SMILES string of the molecule is OC[C@H]1OC(O)[C@H](O)[C@@H](O)[C@@H]1O[C@H]1O[C@H](CO[C@H]2O[C@H](CO)[C@@H](O)C[C@H]2O)[C@@H](O)[C@H](O)[C@H]1O. The minimum Gasteiger partial charge on any atom is -0.394 e. The van der Waals surface area contributed by atoms with Crippen LogP contribution in [0.15, 0.2) is 0 Å². The predicted molar refractivity (Wildman–Crippen MR) is 99.9 cm³/mol. The quantitative estimate of drug-likeness (QED) is 0.160. The van der Waals surface area contributed by atoms with Crippen LogP contribution in [0.25, 0.3) is 0 Å². The topological polar surface area (TPSA) is 248 Å². The maximum Gasteiger partial charge on any atom is 0.187 e. The lowest BCUT2D eigenvalue weighted by atomic mass is 9.97. The van der Waals surface area contributed by atoms with Crippen LogP contribution >= 0.6 is 0 Å². The van der Waals surface area contributed by atoms with Gasteiger partial charge in [-0.2, -0.15) is 0 Å². The molecule has 15 heteroatoms. The average Bonchev–Trinajstić information content (AvgIpc) is 2.79. The second-order valence-corrected chi connectivity index (χ2v) is 8.27. The van der Waals surface area contributed by atoms with E-state index in [-0.39, 0.29) is 6.42 Å². The van der Waals surface area contributed by atoms with Crippen molar-refractivity contribution in [1.29, 1.82) is 0 Å². The summed E-state index contributed by atoms with van der Waals surface area (Å²) in [7, 11) is 0. The van der Waals surface area contributed by atoms with Crippen LogP contribution in [0.2, 0.25) is 0 Å². The molecule has 3 heterocycles. The van der Waals surface area contributed by atoms with Crippen molar-refractivity contribution in [3.63, 3.8) is 0 Å². The summed E-state index contributed by atoms with van der Waals surface area (Å²) in [5.41, 5.74) is 0. The van der Waals surface area contributed by atoms with E-state index in [1.165, 1.54) is 0 Å². The van der Waals surface area contributed by atoms with Gasteiger partial charge in [0, 0.05) is 6.42 Å². The Balaban J connectivity index is 1.65. The fraction of sp³-hybridized carbons (Fsp3) is 1.00. The summed E-state index contributed by atoms with van der Waals surface area (Å²) in [6.45, 7) is -1.76. The van der Waals surface area contributed by atoms with Gasteiger partial charge in [0.15, 0.2) is 18.9 Å². The Morgan fingerprint density at radius 2 is 1.24 bits per heavy atom. The molecule has 3 aliphatic rings. The first kappa shape index (κ1) is 27.0. The van der Waals surface area contributed by atoms with Gasteiger partial charge in [-0.3, -0.25) is 0 Å². The highest BCUT2D eigenvalue weighted by Crippen LogP contribution is 2.29. The van der Waals surface area contributed by atoms with E-state index in [0.29, 0.717) is 0 Å². The van der Waals surface area contributed by atoms with Crippen LogP contribution in [0.1, 0.15) is 6.42 Å². The summed E-state index contributed by atoms with van der Waals surface area (Å²) in [5.74, 6) is 0. The van der Waals surface area contributed by atoms with Gasteiger partial charge in [-0.1, -0.05) is 0 Å². The molecular formula is C18H32O15. The lowest BCUT2D eigenvalue weighted by Gasteiger charge is -2.45. The lowest BCUT2D eigenvalue weighted by molar-refractivity contribution is -0.360. The second-order valence-electron chi connectivity index (χ2n) is 8.27. The molecule has 1 unspecified atom stereocenters. The van der Waals surface area contributed by atoms with E-state index < -0.39 is 106 Å². The summed E-state index contributed by atoms with van der Waals surface area (Å²) >= 11 is 0. The van der Waals surface area contributed by atoms with Crippen molar-refractivity contribution in [3.8, 4) is 0 Å². The van der Waals surface area contributed by atoms with E-state index in [2.05, 4.69) is 0 Å². The Bertz CT molecular complexity index is 609. The van der Waals surface area contributed by atoms with Gasteiger partial charge in [0.1, 0.15) is 61.0 Å². The van der Waals surface area contributed by atoms with E-state index >= 15 is 0 Å². The summed E-state index contributed by atoms with van der Waals surface area (Å²) in [6, 6.07) is 0. The van der Waals surface area contributed by atoms with Crippen molar-refractivity contribution in [2.45, 2.75) is 92.4 Å². The lowest BCUT2D eigenvalue weighted by Crippen LogP contribution is -2.64. The van der Waals surface area contributed by atoms with Gasteiger partial charge in [-0.15, -0.1) is 0 Å². The molecule has 3 rings (SSSR count). The molecule has 0 aromatic heterocycles. The molecule has 3 aliphatic heterocycles. The van der Waals surface area contributed by atoms with Crippen LogP contribution in [0.3, 0.4) is 0 Å². The number of hydrogen-bond acceptors (Lipinski definition) is 15. The molecule has 0 aliphatic carbocycles. The van der Waals surface area contributed by atoms with Gasteiger partial charge in [-0.05, 0) is 0 Å². The fourth-order valence-electron chi connectivity index (χ4n) is 3.93. The van der Waals surface area contributed by atoms with Gasteiger partial charge in [-0.25, -0.2) is 0 Å². The van der Waals surface area contributed by atoms with Crippen molar-refractivity contribution in [3.05, 3.63) is 0 Å². The monoisotopic (exact) mass is 488 g/mol. The van der Waals surface area contributed by atoms with Crippen molar-refractivity contribution in [2.75, 3.05) is 19.8 Å². The van der Waals surface area contributed by atoms with E-state index in [4.69, 9.17) is 23.7 Å². The maximum atomic E-state index is 10.3. The zero-order valence-electron chi connectivity index (χ0n) is 17.4. The molecule has 0 amide bonds. The number of rotatable bonds is 7. The maximum absolute atomic E-state index is 10.3. The molecule has 0 bridgehead atoms. The zero-order valence-corrected chi connectivity index (χ0v) is 17.4. The summed E-state index contributed by atoms with van der Waals surface area (Å²) < 4.78 is 26.5. The average molecular weight is 488 g/mol. The standard InChI is InChI=1S/C18H32O15/c19-2-7-5(21)1-6(22)17(31-7)29-4-9-10(23)11(24)14(27)18(32-9)33-15-8(3-20)30-16(28)13(26)12(15)25/h5-28H,1-4H2/t5-,6+,7+,8+,9+,10+,11-,12+,13+,14+,15+,16?,17-,18+/m0/s1. The van der Waals surface area contributed by atoms with Crippen LogP contribution in [-0.4, -0.2) is 157 Å². The highest BCUT2D eigenvalue weighted by molar-refractivity contribution is 4.94. The molecule has 3 fully saturated rings. The second kappa shape index (κ2) is 11.4. The van der Waals surface area contributed by atoms with Crippen LogP contribution < -0.4 is 0 Å². The Hall–Kier alpha value is -0.600. The van der Waals surface area contributed by atoms with E-state index in [1.807, 2.05) is 0 Å². The third-order valence-electron chi connectivity index (χ3n) is 5.94. The summed E-state index contributed by atoms with van der Waals surface area (Å²) in [6.07, 6.45) is -21.3. The Morgan fingerprint density at radius 3 is 1.88 bits per heavy atom. The third-order valence-corrected chi connectivity index (χ3v) is 5.94. The zero-order chi connectivity index (χ0) is 24.4. The minimum atomic E-state index is -1.82. The number of ether oxygens (including phenoxy) is 5. The molecular weight excluding hydrogens is 456 g/mol. The van der Waals surface area contributed by atoms with Crippen LogP contribution in [-0.2, 0) is 23.7 Å². The minimum absolute atomic E-state index is 0.145. The normalized spacial score (nSPS) is 51.5. The van der Waals surface area contributed by atoms with Crippen molar-refractivity contribution >= 4 is 0 Å². The van der Waals surface area contributed by atoms with Crippen molar-refractivity contribution in [2.24, 2.45) is 0 Å². The van der Waals surface area contributed by atoms with E-state index in [9.17, 15) is 51.1 Å². The largest absolute Gasteiger partial charge is 0.394 e. The molecule has 0 radical (unpaired) electrons. The highest BCUT2D eigenvalue weighted by Gasteiger charge is 2.50.